The molecule has 5 atom stereocenters. The summed E-state index contributed by atoms with van der Waals surface area (Å²) in [5, 5.41) is 3.85. The average Bonchev–Trinajstić information content (AvgIpc) is 3.26. The van der Waals surface area contributed by atoms with E-state index in [1.54, 1.807) is 0 Å². The zero-order valence-electron chi connectivity index (χ0n) is 22.3. The molecular weight excluding hydrogens is 487 g/mol. The van der Waals surface area contributed by atoms with Gasteiger partial charge in [0.05, 0.1) is 18.6 Å². The van der Waals surface area contributed by atoms with Gasteiger partial charge in [0.15, 0.2) is 0 Å². The second-order valence-corrected chi connectivity index (χ2v) is 11.8. The monoisotopic (exact) mass is 526 g/mol. The Morgan fingerprint density at radius 1 is 1.24 bits per heavy atom. The number of hydrogen-bond donors (Lipinski definition) is 1. The molecule has 200 valence electrons. The minimum absolute atomic E-state index is 0.0636. The number of nitrogens with one attached hydrogen (secondary N) is 1. The fraction of sp³-hybridized carbons (Fsp3) is 0.581. The van der Waals surface area contributed by atoms with Crippen LogP contribution in [0.2, 0.25) is 5.02 Å². The highest BCUT2D eigenvalue weighted by Crippen LogP contribution is 2.45. The molecule has 1 amide bonds. The number of nitrogens with zero attached hydrogens (tertiary/aromatic N) is 1. The van der Waals surface area contributed by atoms with Crippen molar-refractivity contribution in [2.45, 2.75) is 76.4 Å². The molecule has 1 N–H and O–H groups in total. The smallest absolute Gasteiger partial charge is 0.228 e. The molecule has 4 nitrogen and oxygen atoms in total. The van der Waals surface area contributed by atoms with Gasteiger partial charge in [-0.2, -0.15) is 0 Å². The van der Waals surface area contributed by atoms with E-state index in [4.69, 9.17) is 16.3 Å². The van der Waals surface area contributed by atoms with Gasteiger partial charge in [0.1, 0.15) is 5.82 Å². The quantitative estimate of drug-likeness (QED) is 0.511. The van der Waals surface area contributed by atoms with Crippen molar-refractivity contribution < 1.29 is 13.9 Å². The molecule has 2 saturated heterocycles. The van der Waals surface area contributed by atoms with E-state index in [2.05, 4.69) is 54.4 Å². The Hall–Kier alpha value is -1.95. The lowest BCUT2D eigenvalue weighted by atomic mass is 9.69. The third-order valence-corrected chi connectivity index (χ3v) is 9.53. The second kappa shape index (κ2) is 11.0. The van der Waals surface area contributed by atoms with E-state index in [0.29, 0.717) is 48.5 Å². The van der Waals surface area contributed by atoms with Crippen LogP contribution >= 0.6 is 11.6 Å². The minimum Gasteiger partial charge on any atom is -0.377 e. The third-order valence-electron chi connectivity index (χ3n) is 9.31. The highest BCUT2D eigenvalue weighted by Gasteiger charge is 2.54. The number of fused-ring (bicyclic) bond motifs is 2. The number of piperidine rings is 1. The van der Waals surface area contributed by atoms with Crippen molar-refractivity contribution >= 4 is 17.5 Å². The molecule has 2 aromatic carbocycles. The van der Waals surface area contributed by atoms with Crippen molar-refractivity contribution in [3.05, 3.63) is 70.0 Å². The maximum atomic E-state index is 15.7. The summed E-state index contributed by atoms with van der Waals surface area (Å²) in [5.41, 5.74) is 2.13. The number of carbonyl (C=O) groups is 1. The van der Waals surface area contributed by atoms with Crippen LogP contribution in [0.15, 0.2) is 42.5 Å². The fourth-order valence-electron chi connectivity index (χ4n) is 7.35. The summed E-state index contributed by atoms with van der Waals surface area (Å²) in [4.78, 5) is 16.7. The highest BCUT2D eigenvalue weighted by molar-refractivity contribution is 6.30. The fourth-order valence-corrected chi connectivity index (χ4v) is 7.58. The number of rotatable bonds is 5. The first-order chi connectivity index (χ1) is 17.9. The summed E-state index contributed by atoms with van der Waals surface area (Å²) in [6, 6.07) is 14.2. The molecule has 0 aliphatic carbocycles. The Labute approximate surface area is 225 Å². The number of amides is 1. The molecule has 2 aromatic rings. The lowest BCUT2D eigenvalue weighted by Crippen LogP contribution is -2.55. The zero-order chi connectivity index (χ0) is 26.2. The largest absolute Gasteiger partial charge is 0.377 e. The molecule has 37 heavy (non-hydrogen) atoms. The number of benzene rings is 2. The van der Waals surface area contributed by atoms with Crippen LogP contribution in [-0.2, 0) is 21.4 Å². The highest BCUT2D eigenvalue weighted by atomic mass is 35.5. The molecular formula is C31H40ClFN2O2. The summed E-state index contributed by atoms with van der Waals surface area (Å²) in [5.74, 6) is 0.341. The summed E-state index contributed by atoms with van der Waals surface area (Å²) < 4.78 is 21.9. The molecule has 3 heterocycles. The van der Waals surface area contributed by atoms with E-state index in [-0.39, 0.29) is 29.8 Å². The van der Waals surface area contributed by atoms with Crippen molar-refractivity contribution in [2.24, 2.45) is 11.8 Å². The lowest BCUT2D eigenvalue weighted by molar-refractivity contribution is -0.143. The van der Waals surface area contributed by atoms with Crippen LogP contribution in [0.3, 0.4) is 0 Å². The van der Waals surface area contributed by atoms with E-state index < -0.39 is 5.41 Å². The maximum Gasteiger partial charge on any atom is 0.228 e. The SMILES string of the molecule is CCC(CC)[C@@H]1C[C@H](c2ccccc2)CCN1C(=O)[C@@H]1CNC[C@]12CO[C@@H](C)Cc1cc(Cl)cc(F)c12. The van der Waals surface area contributed by atoms with Gasteiger partial charge in [-0.3, -0.25) is 4.79 Å². The summed E-state index contributed by atoms with van der Waals surface area (Å²) in [7, 11) is 0. The van der Waals surface area contributed by atoms with Gasteiger partial charge in [-0.05, 0) is 61.3 Å². The molecule has 0 unspecified atom stereocenters. The van der Waals surface area contributed by atoms with Crippen LogP contribution < -0.4 is 5.32 Å². The first kappa shape index (κ1) is 26.6. The van der Waals surface area contributed by atoms with E-state index in [0.717, 1.165) is 37.8 Å². The van der Waals surface area contributed by atoms with Crippen LogP contribution in [-0.4, -0.2) is 49.2 Å². The van der Waals surface area contributed by atoms with Crippen molar-refractivity contribution in [2.75, 3.05) is 26.2 Å². The van der Waals surface area contributed by atoms with Gasteiger partial charge < -0.3 is 15.0 Å². The molecule has 6 heteroatoms. The first-order valence-electron chi connectivity index (χ1n) is 14.0. The molecule has 5 rings (SSSR count). The van der Waals surface area contributed by atoms with E-state index >= 15 is 4.39 Å². The average molecular weight is 527 g/mol. The van der Waals surface area contributed by atoms with Crippen LogP contribution in [0.5, 0.6) is 0 Å². The van der Waals surface area contributed by atoms with Crippen molar-refractivity contribution in [1.82, 2.24) is 10.2 Å². The van der Waals surface area contributed by atoms with Gasteiger partial charge in [-0.15, -0.1) is 0 Å². The normalized spacial score (nSPS) is 29.9. The Morgan fingerprint density at radius 2 is 2.00 bits per heavy atom. The van der Waals surface area contributed by atoms with E-state index in [1.807, 2.05) is 13.0 Å². The number of ether oxygens (including phenoxy) is 1. The first-order valence-corrected chi connectivity index (χ1v) is 14.4. The number of carbonyl (C=O) groups excluding carboxylic acids is 1. The molecule has 1 spiro atoms. The van der Waals surface area contributed by atoms with Crippen LogP contribution in [0.4, 0.5) is 4.39 Å². The Bertz CT molecular complexity index is 1110. The van der Waals surface area contributed by atoms with Crippen molar-refractivity contribution in [1.29, 1.82) is 0 Å². The third kappa shape index (κ3) is 4.95. The Morgan fingerprint density at radius 3 is 2.73 bits per heavy atom. The maximum absolute atomic E-state index is 15.7. The van der Waals surface area contributed by atoms with E-state index in [1.165, 1.54) is 11.6 Å². The van der Waals surface area contributed by atoms with Crippen molar-refractivity contribution in [3.8, 4) is 0 Å². The molecule has 3 aliphatic rings. The standard InChI is InChI=1S/C31H40ClFN2O2/c1-4-21(5-2)28-15-23(22-9-7-6-8-10-22)11-12-35(28)30(36)26-17-34-18-31(26)19-37-20(3)13-24-14-25(32)16-27(33)29(24)31/h6-10,14,16,20-21,23,26,28,34H,4-5,11-13,15,17-19H2,1-3H3/t20-,23+,26-,28-,31-/m0/s1. The van der Waals surface area contributed by atoms with Gasteiger partial charge in [-0.1, -0.05) is 68.6 Å². The van der Waals surface area contributed by atoms with Crippen molar-refractivity contribution in [3.63, 3.8) is 0 Å². The van der Waals surface area contributed by atoms with Gasteiger partial charge in [0, 0.05) is 41.7 Å². The van der Waals surface area contributed by atoms with Crippen LogP contribution in [0, 0.1) is 17.7 Å². The summed E-state index contributed by atoms with van der Waals surface area (Å²) in [6.07, 6.45) is 4.53. The van der Waals surface area contributed by atoms with Gasteiger partial charge in [0.2, 0.25) is 5.91 Å². The molecule has 0 saturated carbocycles. The second-order valence-electron chi connectivity index (χ2n) is 11.4. The summed E-state index contributed by atoms with van der Waals surface area (Å²) in [6.45, 7) is 8.61. The van der Waals surface area contributed by atoms with E-state index in [9.17, 15) is 4.79 Å². The zero-order valence-corrected chi connectivity index (χ0v) is 23.1. The topological polar surface area (TPSA) is 41.6 Å². The van der Waals surface area contributed by atoms with Crippen LogP contribution in [0.25, 0.3) is 0 Å². The van der Waals surface area contributed by atoms with Crippen LogP contribution in [0.1, 0.15) is 69.1 Å². The number of hydrogen-bond acceptors (Lipinski definition) is 3. The minimum atomic E-state index is -0.736. The Balaban J connectivity index is 1.50. The molecule has 3 aliphatic heterocycles. The number of likely N-dealkylation sites (tertiary alicyclic amines) is 1. The number of halogens is 2. The van der Waals surface area contributed by atoms with Gasteiger partial charge >= 0.3 is 0 Å². The predicted molar refractivity (Wildman–Crippen MR) is 147 cm³/mol. The van der Waals surface area contributed by atoms with Gasteiger partial charge in [0.25, 0.3) is 0 Å². The molecule has 0 bridgehead atoms. The molecule has 0 aromatic heterocycles. The molecule has 0 radical (unpaired) electrons. The van der Waals surface area contributed by atoms with Gasteiger partial charge in [-0.25, -0.2) is 4.39 Å². The molecule has 2 fully saturated rings. The predicted octanol–water partition coefficient (Wildman–Crippen LogP) is 6.11. The Kier molecular flexibility index (Phi) is 7.95. The summed E-state index contributed by atoms with van der Waals surface area (Å²) >= 11 is 6.28. The lowest BCUT2D eigenvalue weighted by Gasteiger charge is -2.46.